The number of thiophene rings is 1. The van der Waals surface area contributed by atoms with Crippen molar-refractivity contribution in [2.45, 2.75) is 19.9 Å². The molecule has 1 fully saturated rings. The van der Waals surface area contributed by atoms with Crippen LogP contribution in [0.15, 0.2) is 22.7 Å². The summed E-state index contributed by atoms with van der Waals surface area (Å²) in [5, 5.41) is 8.95. The van der Waals surface area contributed by atoms with Gasteiger partial charge < -0.3 is 20.3 Å². The van der Waals surface area contributed by atoms with E-state index < -0.39 is 0 Å². The molecular weight excluding hydrogens is 318 g/mol. The van der Waals surface area contributed by atoms with Crippen LogP contribution in [0.5, 0.6) is 0 Å². The van der Waals surface area contributed by atoms with Crippen molar-refractivity contribution in [2.75, 3.05) is 26.3 Å². The first-order chi connectivity index (χ1) is 10.6. The molecule has 0 aliphatic carbocycles. The van der Waals surface area contributed by atoms with Crippen molar-refractivity contribution >= 4 is 34.6 Å². The fourth-order valence-corrected chi connectivity index (χ4v) is 4.05. The lowest BCUT2D eigenvalue weighted by Gasteiger charge is -2.34. The van der Waals surface area contributed by atoms with Crippen LogP contribution in [0.2, 0.25) is 0 Å². The average Bonchev–Trinajstić information content (AvgIpc) is 2.93. The van der Waals surface area contributed by atoms with E-state index in [1.807, 2.05) is 17.2 Å². The number of nitrogens with one attached hydrogen (secondary N) is 2. The number of thiocarbonyl (C=S) groups is 1. The Labute approximate surface area is 139 Å². The van der Waals surface area contributed by atoms with Crippen LogP contribution in [0.4, 0.5) is 0 Å². The van der Waals surface area contributed by atoms with Gasteiger partial charge in [0.05, 0.1) is 24.8 Å². The summed E-state index contributed by atoms with van der Waals surface area (Å²) in [5.41, 5.74) is 2.76. The second-order valence-electron chi connectivity index (χ2n) is 5.44. The fourth-order valence-electron chi connectivity index (χ4n) is 2.79. The number of hydrogen-bond acceptors (Lipinski definition) is 4. The second-order valence-corrected chi connectivity index (χ2v) is 6.80. The van der Waals surface area contributed by atoms with E-state index in [4.69, 9.17) is 17.0 Å². The molecule has 0 aromatic carbocycles. The van der Waals surface area contributed by atoms with E-state index in [9.17, 15) is 4.79 Å². The maximum atomic E-state index is 13.0. The molecule has 7 heteroatoms. The number of hydrogen-bond donors (Lipinski definition) is 2. The first kappa shape index (κ1) is 15.5. The zero-order chi connectivity index (χ0) is 15.7. The number of aryl methyl sites for hydroxylation is 1. The van der Waals surface area contributed by atoms with Gasteiger partial charge in [0.1, 0.15) is 0 Å². The molecule has 1 saturated heterocycles. The number of morpholine rings is 1. The third kappa shape index (κ3) is 2.88. The Hall–Kier alpha value is -1.44. The molecule has 0 unspecified atom stereocenters. The Kier molecular flexibility index (Phi) is 4.46. The highest BCUT2D eigenvalue weighted by Crippen LogP contribution is 2.33. The summed E-state index contributed by atoms with van der Waals surface area (Å²) in [6, 6.07) is 1.89. The highest BCUT2D eigenvalue weighted by atomic mass is 32.1. The summed E-state index contributed by atoms with van der Waals surface area (Å²) in [6.07, 6.45) is 0. The molecular formula is C15H19N3O2S2. The van der Waals surface area contributed by atoms with Crippen LogP contribution in [-0.4, -0.2) is 42.2 Å². The summed E-state index contributed by atoms with van der Waals surface area (Å²) in [5.74, 6) is 0.0566. The number of carbonyl (C=O) groups is 1. The van der Waals surface area contributed by atoms with Crippen molar-refractivity contribution in [1.82, 2.24) is 15.5 Å². The summed E-state index contributed by atoms with van der Waals surface area (Å²) >= 11 is 6.92. The lowest BCUT2D eigenvalue weighted by atomic mass is 9.98. The molecule has 0 spiro atoms. The molecule has 118 valence electrons. The summed E-state index contributed by atoms with van der Waals surface area (Å²) < 4.78 is 5.34. The Balaban J connectivity index is 1.96. The second kappa shape index (κ2) is 6.36. The van der Waals surface area contributed by atoms with Crippen molar-refractivity contribution in [3.05, 3.63) is 33.2 Å². The van der Waals surface area contributed by atoms with Crippen molar-refractivity contribution in [2.24, 2.45) is 0 Å². The normalized spacial score (nSPS) is 22.4. The first-order valence-electron chi connectivity index (χ1n) is 7.27. The third-order valence-electron chi connectivity index (χ3n) is 3.96. The van der Waals surface area contributed by atoms with Gasteiger partial charge in [-0.1, -0.05) is 0 Å². The van der Waals surface area contributed by atoms with Gasteiger partial charge >= 0.3 is 0 Å². The fraction of sp³-hybridized carbons (Fsp3) is 0.467. The van der Waals surface area contributed by atoms with Crippen molar-refractivity contribution in [3.8, 4) is 0 Å². The number of allylic oxidation sites excluding steroid dienone is 1. The maximum Gasteiger partial charge on any atom is 0.254 e. The molecule has 2 aliphatic heterocycles. The lowest BCUT2D eigenvalue weighted by molar-refractivity contribution is -0.131. The molecule has 3 rings (SSSR count). The number of carbonyl (C=O) groups excluding carboxylic acids is 1. The van der Waals surface area contributed by atoms with Gasteiger partial charge in [0.25, 0.3) is 5.91 Å². The molecule has 1 atom stereocenters. The largest absolute Gasteiger partial charge is 0.378 e. The van der Waals surface area contributed by atoms with Gasteiger partial charge in [-0.15, -0.1) is 11.3 Å². The topological polar surface area (TPSA) is 53.6 Å². The van der Waals surface area contributed by atoms with Crippen LogP contribution in [0, 0.1) is 6.92 Å². The molecule has 22 heavy (non-hydrogen) atoms. The molecule has 2 aliphatic rings. The van der Waals surface area contributed by atoms with E-state index in [1.165, 1.54) is 5.56 Å². The van der Waals surface area contributed by atoms with Gasteiger partial charge in [0, 0.05) is 23.7 Å². The highest BCUT2D eigenvalue weighted by molar-refractivity contribution is 7.80. The van der Waals surface area contributed by atoms with Gasteiger partial charge in [-0.2, -0.15) is 0 Å². The van der Waals surface area contributed by atoms with Crippen LogP contribution < -0.4 is 10.6 Å². The first-order valence-corrected chi connectivity index (χ1v) is 8.56. The van der Waals surface area contributed by atoms with Crippen LogP contribution in [0.3, 0.4) is 0 Å². The molecule has 2 N–H and O–H groups in total. The van der Waals surface area contributed by atoms with Crippen molar-refractivity contribution in [3.63, 3.8) is 0 Å². The monoisotopic (exact) mass is 337 g/mol. The van der Waals surface area contributed by atoms with E-state index in [1.54, 1.807) is 11.3 Å². The Bertz CT molecular complexity index is 632. The van der Waals surface area contributed by atoms with Gasteiger partial charge in [0.15, 0.2) is 5.11 Å². The van der Waals surface area contributed by atoms with Crippen molar-refractivity contribution in [1.29, 1.82) is 0 Å². The molecule has 0 saturated carbocycles. The Morgan fingerprint density at radius 2 is 2.14 bits per heavy atom. The quantitative estimate of drug-likeness (QED) is 0.805. The van der Waals surface area contributed by atoms with E-state index in [0.29, 0.717) is 31.4 Å². The third-order valence-corrected chi connectivity index (χ3v) is 5.27. The van der Waals surface area contributed by atoms with Gasteiger partial charge in [-0.3, -0.25) is 4.79 Å². The van der Waals surface area contributed by atoms with Crippen LogP contribution >= 0.6 is 23.6 Å². The van der Waals surface area contributed by atoms with Crippen molar-refractivity contribution < 1.29 is 9.53 Å². The van der Waals surface area contributed by atoms with Gasteiger partial charge in [-0.05, 0) is 43.1 Å². The SMILES string of the molecule is CC1=C(C(=O)N2CCOCC2)[C@@H](c2sccc2C)NC(=S)N1. The van der Waals surface area contributed by atoms with Crippen LogP contribution in [0.25, 0.3) is 0 Å². The summed E-state index contributed by atoms with van der Waals surface area (Å²) in [6.45, 7) is 6.44. The highest BCUT2D eigenvalue weighted by Gasteiger charge is 2.34. The number of rotatable bonds is 2. The van der Waals surface area contributed by atoms with E-state index in [0.717, 1.165) is 16.1 Å². The number of nitrogens with zero attached hydrogens (tertiary/aromatic N) is 1. The predicted molar refractivity (Wildman–Crippen MR) is 90.8 cm³/mol. The molecule has 0 bridgehead atoms. The minimum atomic E-state index is -0.177. The van der Waals surface area contributed by atoms with Gasteiger partial charge in [-0.25, -0.2) is 0 Å². The van der Waals surface area contributed by atoms with E-state index in [2.05, 4.69) is 23.6 Å². The minimum absolute atomic E-state index is 0.0566. The molecule has 1 amide bonds. The van der Waals surface area contributed by atoms with Gasteiger partial charge in [0.2, 0.25) is 0 Å². The maximum absolute atomic E-state index is 13.0. The Morgan fingerprint density at radius 1 is 1.41 bits per heavy atom. The van der Waals surface area contributed by atoms with E-state index >= 15 is 0 Å². The molecule has 5 nitrogen and oxygen atoms in total. The van der Waals surface area contributed by atoms with E-state index in [-0.39, 0.29) is 11.9 Å². The molecule has 1 aromatic heterocycles. The summed E-state index contributed by atoms with van der Waals surface area (Å²) in [7, 11) is 0. The molecule has 0 radical (unpaired) electrons. The number of ether oxygens (including phenoxy) is 1. The minimum Gasteiger partial charge on any atom is -0.378 e. The lowest BCUT2D eigenvalue weighted by Crippen LogP contribution is -2.49. The average molecular weight is 337 g/mol. The smallest absolute Gasteiger partial charge is 0.254 e. The zero-order valence-electron chi connectivity index (χ0n) is 12.6. The summed E-state index contributed by atoms with van der Waals surface area (Å²) in [4.78, 5) is 16.0. The van der Waals surface area contributed by atoms with Crippen LogP contribution in [-0.2, 0) is 9.53 Å². The zero-order valence-corrected chi connectivity index (χ0v) is 14.3. The Morgan fingerprint density at radius 3 is 2.77 bits per heavy atom. The molecule has 1 aromatic rings. The standard InChI is InChI=1S/C15H19N3O2S2/c1-9-3-8-22-13(9)12-11(10(2)16-15(21)17-12)14(19)18-4-6-20-7-5-18/h3,8,12H,4-7H2,1-2H3,(H2,16,17,21)/t12-/m0/s1. The van der Waals surface area contributed by atoms with Crippen LogP contribution in [0.1, 0.15) is 23.4 Å². The number of amides is 1. The molecule has 3 heterocycles. The predicted octanol–water partition coefficient (Wildman–Crippen LogP) is 1.71.